The summed E-state index contributed by atoms with van der Waals surface area (Å²) in [6.45, 7) is 0.939. The zero-order valence-electron chi connectivity index (χ0n) is 19.5. The summed E-state index contributed by atoms with van der Waals surface area (Å²) in [5.74, 6) is 1.76. The van der Waals surface area contributed by atoms with Gasteiger partial charge in [0.15, 0.2) is 0 Å². The van der Waals surface area contributed by atoms with Gasteiger partial charge in [-0.1, -0.05) is 17.7 Å². The molecule has 1 amide bonds. The second-order valence-corrected chi connectivity index (χ2v) is 8.73. The molecule has 10 heteroatoms. The van der Waals surface area contributed by atoms with E-state index in [1.807, 2.05) is 0 Å². The van der Waals surface area contributed by atoms with E-state index in [2.05, 4.69) is 15.3 Å². The van der Waals surface area contributed by atoms with Gasteiger partial charge >= 0.3 is 0 Å². The van der Waals surface area contributed by atoms with Crippen molar-refractivity contribution in [3.63, 3.8) is 0 Å². The molecule has 5 N–H and O–H groups in total. The Labute approximate surface area is 214 Å². The molecule has 4 rings (SSSR count). The van der Waals surface area contributed by atoms with Crippen LogP contribution in [0.3, 0.4) is 0 Å². The summed E-state index contributed by atoms with van der Waals surface area (Å²) in [4.78, 5) is 22.5. The smallest absolute Gasteiger partial charge is 0.246 e. The van der Waals surface area contributed by atoms with Crippen LogP contribution in [0, 0.1) is 5.41 Å². The van der Waals surface area contributed by atoms with Crippen LogP contribution in [0.5, 0.6) is 11.5 Å². The Hall–Kier alpha value is -3.95. The Morgan fingerprint density at radius 3 is 2.58 bits per heavy atom. The van der Waals surface area contributed by atoms with E-state index in [1.165, 1.54) is 18.5 Å². The van der Waals surface area contributed by atoms with Gasteiger partial charge in [-0.25, -0.2) is 9.97 Å². The maximum atomic E-state index is 12.3. The fourth-order valence-corrected chi connectivity index (χ4v) is 4.10. The average molecular weight is 507 g/mol. The van der Waals surface area contributed by atoms with Crippen LogP contribution in [0.1, 0.15) is 24.0 Å². The van der Waals surface area contributed by atoms with Gasteiger partial charge in [0.2, 0.25) is 5.91 Å². The molecule has 0 aliphatic carbocycles. The zero-order chi connectivity index (χ0) is 25.5. The van der Waals surface area contributed by atoms with Crippen LogP contribution >= 0.6 is 11.6 Å². The van der Waals surface area contributed by atoms with Crippen molar-refractivity contribution < 1.29 is 14.6 Å². The number of nitrogens with one attached hydrogen (secondary N) is 2. The lowest BCUT2D eigenvalue weighted by molar-refractivity contribution is -0.127. The molecule has 2 heterocycles. The quantitative estimate of drug-likeness (QED) is 0.269. The number of carbonyl (C=O) groups excluding carboxylic acids is 1. The van der Waals surface area contributed by atoms with Crippen LogP contribution in [-0.4, -0.2) is 57.3 Å². The van der Waals surface area contributed by atoms with E-state index in [0.717, 1.165) is 12.8 Å². The standard InChI is InChI=1S/C26H27ClN6O3/c27-18-7-11-21(12-8-18)36-20-9-5-17(6-10-20)24(28)23-25(29)30-16-31-26(23)32-19-3-1-13-33(15-19)22(35)4-2-14-34/h2,4-12,16,19,28,34H,1,3,13-15H2,(H3,29,30,31,32)/b4-2+,28-24?. The van der Waals surface area contributed by atoms with Gasteiger partial charge in [-0.3, -0.25) is 10.2 Å². The molecular weight excluding hydrogens is 480 g/mol. The molecule has 3 aromatic rings. The first-order valence-electron chi connectivity index (χ1n) is 11.5. The Morgan fingerprint density at radius 1 is 1.19 bits per heavy atom. The highest BCUT2D eigenvalue weighted by molar-refractivity contribution is 6.30. The molecule has 0 bridgehead atoms. The van der Waals surface area contributed by atoms with Crippen LogP contribution in [-0.2, 0) is 4.79 Å². The van der Waals surface area contributed by atoms with Crippen LogP contribution < -0.4 is 15.8 Å². The Bertz CT molecular complexity index is 1250. The van der Waals surface area contributed by atoms with Gasteiger partial charge in [-0.05, 0) is 61.4 Å². The van der Waals surface area contributed by atoms with Crippen LogP contribution in [0.2, 0.25) is 5.02 Å². The summed E-state index contributed by atoms with van der Waals surface area (Å²) in [6.07, 6.45) is 5.81. The van der Waals surface area contributed by atoms with Crippen molar-refractivity contribution in [2.75, 3.05) is 30.7 Å². The molecule has 9 nitrogen and oxygen atoms in total. The number of anilines is 2. The third kappa shape index (κ3) is 6.18. The van der Waals surface area contributed by atoms with Crippen molar-refractivity contribution in [2.45, 2.75) is 18.9 Å². The van der Waals surface area contributed by atoms with Crippen molar-refractivity contribution in [3.8, 4) is 11.5 Å². The number of piperidine rings is 1. The van der Waals surface area contributed by atoms with Crippen LogP contribution in [0.15, 0.2) is 67.0 Å². The highest BCUT2D eigenvalue weighted by Crippen LogP contribution is 2.27. The third-order valence-corrected chi connectivity index (χ3v) is 6.01. The minimum absolute atomic E-state index is 0.0683. The molecule has 1 saturated heterocycles. The van der Waals surface area contributed by atoms with E-state index in [1.54, 1.807) is 53.4 Å². The average Bonchev–Trinajstić information content (AvgIpc) is 2.89. The minimum Gasteiger partial charge on any atom is -0.457 e. The SMILES string of the molecule is N=C(c1ccc(Oc2ccc(Cl)cc2)cc1)c1c(N)ncnc1NC1CCCN(C(=O)/C=C/CO)C1. The molecular formula is C26H27ClN6O3. The summed E-state index contributed by atoms with van der Waals surface area (Å²) in [6, 6.07) is 14.1. The third-order valence-electron chi connectivity index (χ3n) is 5.76. The number of carbonyl (C=O) groups is 1. The van der Waals surface area contributed by atoms with Gasteiger partial charge in [0.25, 0.3) is 0 Å². The number of nitrogen functional groups attached to an aromatic ring is 1. The summed E-state index contributed by atoms with van der Waals surface area (Å²) in [5.41, 5.74) is 7.36. The topological polar surface area (TPSA) is 137 Å². The number of ether oxygens (including phenoxy) is 1. The number of hydrogen-bond acceptors (Lipinski definition) is 8. The van der Waals surface area contributed by atoms with Crippen molar-refractivity contribution in [1.82, 2.24) is 14.9 Å². The molecule has 0 saturated carbocycles. The largest absolute Gasteiger partial charge is 0.457 e. The number of likely N-dealkylation sites (tertiary alicyclic amines) is 1. The van der Waals surface area contributed by atoms with Gasteiger partial charge in [0.1, 0.15) is 29.5 Å². The Balaban J connectivity index is 1.49. The first-order valence-corrected chi connectivity index (χ1v) is 11.9. The van der Waals surface area contributed by atoms with Gasteiger partial charge in [0, 0.05) is 35.8 Å². The number of halogens is 1. The van der Waals surface area contributed by atoms with Gasteiger partial charge < -0.3 is 25.8 Å². The molecule has 1 fully saturated rings. The maximum Gasteiger partial charge on any atom is 0.246 e. The molecule has 186 valence electrons. The lowest BCUT2D eigenvalue weighted by Crippen LogP contribution is -2.44. The van der Waals surface area contributed by atoms with Crippen LogP contribution in [0.25, 0.3) is 0 Å². The second-order valence-electron chi connectivity index (χ2n) is 8.29. The molecule has 1 aliphatic heterocycles. The first-order chi connectivity index (χ1) is 17.4. The van der Waals surface area contributed by atoms with Crippen molar-refractivity contribution in [3.05, 3.63) is 83.2 Å². The molecule has 0 radical (unpaired) electrons. The second kappa shape index (κ2) is 11.7. The minimum atomic E-state index is -0.179. The van der Waals surface area contributed by atoms with Gasteiger partial charge in [-0.15, -0.1) is 0 Å². The number of hydrogen-bond donors (Lipinski definition) is 4. The summed E-state index contributed by atoms with van der Waals surface area (Å²) in [7, 11) is 0. The van der Waals surface area contributed by atoms with Crippen molar-refractivity contribution in [2.24, 2.45) is 0 Å². The van der Waals surface area contributed by atoms with E-state index < -0.39 is 0 Å². The lowest BCUT2D eigenvalue weighted by atomic mass is 10.0. The number of benzene rings is 2. The molecule has 1 aliphatic rings. The molecule has 1 unspecified atom stereocenters. The molecule has 2 aromatic carbocycles. The fourth-order valence-electron chi connectivity index (χ4n) is 3.98. The number of nitrogens with zero attached hydrogens (tertiary/aromatic N) is 3. The number of nitrogens with two attached hydrogens (primary N) is 1. The van der Waals surface area contributed by atoms with Crippen molar-refractivity contribution >= 4 is 34.9 Å². The Morgan fingerprint density at radius 2 is 1.89 bits per heavy atom. The van der Waals surface area contributed by atoms with E-state index in [9.17, 15) is 4.79 Å². The summed E-state index contributed by atoms with van der Waals surface area (Å²) < 4.78 is 5.83. The summed E-state index contributed by atoms with van der Waals surface area (Å²) in [5, 5.41) is 21.7. The van der Waals surface area contributed by atoms with Crippen molar-refractivity contribution in [1.29, 1.82) is 5.41 Å². The molecule has 1 atom stereocenters. The fraction of sp³-hybridized carbons (Fsp3) is 0.231. The molecule has 36 heavy (non-hydrogen) atoms. The highest BCUT2D eigenvalue weighted by Gasteiger charge is 2.25. The predicted octanol–water partition coefficient (Wildman–Crippen LogP) is 3.87. The van der Waals surface area contributed by atoms with Crippen LogP contribution in [0.4, 0.5) is 11.6 Å². The Kier molecular flexibility index (Phi) is 8.14. The van der Waals surface area contributed by atoms with E-state index >= 15 is 0 Å². The molecule has 0 spiro atoms. The predicted molar refractivity (Wildman–Crippen MR) is 140 cm³/mol. The van der Waals surface area contributed by atoms with E-state index in [4.69, 9.17) is 32.6 Å². The lowest BCUT2D eigenvalue weighted by Gasteiger charge is -2.33. The van der Waals surface area contributed by atoms with E-state index in [-0.39, 0.29) is 30.1 Å². The maximum absolute atomic E-state index is 12.3. The number of aliphatic hydroxyl groups excluding tert-OH is 1. The van der Waals surface area contributed by atoms with E-state index in [0.29, 0.717) is 46.6 Å². The number of aromatic nitrogens is 2. The highest BCUT2D eigenvalue weighted by atomic mass is 35.5. The number of rotatable bonds is 8. The first kappa shape index (κ1) is 25.2. The number of aliphatic hydroxyl groups is 1. The zero-order valence-corrected chi connectivity index (χ0v) is 20.3. The monoisotopic (exact) mass is 506 g/mol. The molecule has 1 aromatic heterocycles. The number of amides is 1. The van der Waals surface area contributed by atoms with Gasteiger partial charge in [0.05, 0.1) is 17.9 Å². The normalized spacial score (nSPS) is 15.6. The summed E-state index contributed by atoms with van der Waals surface area (Å²) >= 11 is 5.92. The van der Waals surface area contributed by atoms with Gasteiger partial charge in [-0.2, -0.15) is 0 Å².